The number of aromatic nitrogens is 1. The predicted octanol–water partition coefficient (Wildman–Crippen LogP) is 2.47. The average Bonchev–Trinajstić information content (AvgIpc) is 3.31. The fourth-order valence-electron chi connectivity index (χ4n) is 2.55. The second kappa shape index (κ2) is 5.45. The molecule has 0 radical (unpaired) electrons. The molecule has 0 spiro atoms. The second-order valence-electron chi connectivity index (χ2n) is 5.28. The summed E-state index contributed by atoms with van der Waals surface area (Å²) in [6.07, 6.45) is 4.46. The number of hydrogen-bond donors (Lipinski definition) is 1. The minimum Gasteiger partial charge on any atom is -0.355 e. The van der Waals surface area contributed by atoms with E-state index >= 15 is 0 Å². The molecule has 1 saturated carbocycles. The van der Waals surface area contributed by atoms with Gasteiger partial charge >= 0.3 is 0 Å². The number of hydrogen-bond acceptors (Lipinski definition) is 2. The summed E-state index contributed by atoms with van der Waals surface area (Å²) < 4.78 is 0. The first kappa shape index (κ1) is 12.9. The molecule has 1 aliphatic rings. The first-order valence-electron chi connectivity index (χ1n) is 7.05. The second-order valence-corrected chi connectivity index (χ2v) is 5.28. The van der Waals surface area contributed by atoms with E-state index in [1.165, 1.54) is 0 Å². The first-order valence-corrected chi connectivity index (χ1v) is 7.05. The molecule has 1 heterocycles. The molecule has 1 aromatic carbocycles. The minimum atomic E-state index is -0.272. The van der Waals surface area contributed by atoms with Crippen LogP contribution in [0.25, 0.3) is 0 Å². The summed E-state index contributed by atoms with van der Waals surface area (Å²) in [5, 5.41) is 3.05. The van der Waals surface area contributed by atoms with Crippen LogP contribution in [-0.4, -0.2) is 17.4 Å². The molecule has 3 rings (SSSR count). The molecule has 0 aliphatic heterocycles. The number of rotatable bonds is 5. The Morgan fingerprint density at radius 3 is 2.50 bits per heavy atom. The maximum atomic E-state index is 12.4. The van der Waals surface area contributed by atoms with Crippen LogP contribution in [-0.2, 0) is 16.6 Å². The lowest BCUT2D eigenvalue weighted by atomic mass is 9.95. The Bertz CT molecular complexity index is 576. The van der Waals surface area contributed by atoms with Gasteiger partial charge < -0.3 is 5.32 Å². The number of carbonyl (C=O) groups is 1. The van der Waals surface area contributed by atoms with Gasteiger partial charge in [-0.1, -0.05) is 36.4 Å². The maximum absolute atomic E-state index is 12.4. The minimum absolute atomic E-state index is 0.152. The highest BCUT2D eigenvalue weighted by Crippen LogP contribution is 2.48. The van der Waals surface area contributed by atoms with Crippen LogP contribution in [0.2, 0.25) is 0 Å². The average molecular weight is 266 g/mol. The molecule has 1 aromatic heterocycles. The molecule has 1 fully saturated rings. The first-order chi connectivity index (χ1) is 9.81. The van der Waals surface area contributed by atoms with E-state index < -0.39 is 0 Å². The summed E-state index contributed by atoms with van der Waals surface area (Å²) in [5.41, 5.74) is 1.87. The molecule has 0 unspecified atom stereocenters. The molecule has 3 heteroatoms. The molecule has 20 heavy (non-hydrogen) atoms. The van der Waals surface area contributed by atoms with Gasteiger partial charge in [0.25, 0.3) is 0 Å². The normalized spacial score (nSPS) is 15.6. The van der Waals surface area contributed by atoms with E-state index in [4.69, 9.17) is 0 Å². The molecular weight excluding hydrogens is 248 g/mol. The fourth-order valence-corrected chi connectivity index (χ4v) is 2.55. The number of nitrogens with one attached hydrogen (secondary N) is 1. The molecule has 0 saturated heterocycles. The molecule has 1 aliphatic carbocycles. The summed E-state index contributed by atoms with van der Waals surface area (Å²) in [5.74, 6) is 0.152. The number of nitrogens with zero attached hydrogens (tertiary/aromatic N) is 1. The molecule has 0 atom stereocenters. The highest BCUT2D eigenvalue weighted by Gasteiger charge is 2.50. The van der Waals surface area contributed by atoms with Gasteiger partial charge in [0, 0.05) is 24.9 Å². The van der Waals surface area contributed by atoms with Crippen molar-refractivity contribution < 1.29 is 4.79 Å². The van der Waals surface area contributed by atoms with Crippen molar-refractivity contribution in [3.63, 3.8) is 0 Å². The van der Waals surface area contributed by atoms with Crippen molar-refractivity contribution in [1.82, 2.24) is 10.3 Å². The highest BCUT2D eigenvalue weighted by atomic mass is 16.2. The van der Waals surface area contributed by atoms with Gasteiger partial charge in [-0.3, -0.25) is 9.78 Å². The SMILES string of the molecule is O=C(NCCc1ccccn1)C1(c2ccccc2)CC1. The third kappa shape index (κ3) is 2.57. The van der Waals surface area contributed by atoms with Crippen LogP contribution in [0.1, 0.15) is 24.1 Å². The van der Waals surface area contributed by atoms with Crippen molar-refractivity contribution in [3.8, 4) is 0 Å². The Labute approximate surface area is 119 Å². The zero-order valence-corrected chi connectivity index (χ0v) is 11.4. The van der Waals surface area contributed by atoms with Crippen LogP contribution in [0.5, 0.6) is 0 Å². The largest absolute Gasteiger partial charge is 0.355 e. The van der Waals surface area contributed by atoms with Crippen LogP contribution >= 0.6 is 0 Å². The smallest absolute Gasteiger partial charge is 0.230 e. The van der Waals surface area contributed by atoms with Gasteiger partial charge in [-0.2, -0.15) is 0 Å². The summed E-state index contributed by atoms with van der Waals surface area (Å²) in [7, 11) is 0. The predicted molar refractivity (Wildman–Crippen MR) is 78.3 cm³/mol. The Morgan fingerprint density at radius 2 is 1.85 bits per heavy atom. The van der Waals surface area contributed by atoms with Crippen molar-refractivity contribution in [2.75, 3.05) is 6.54 Å². The molecule has 2 aromatic rings. The van der Waals surface area contributed by atoms with Gasteiger partial charge in [0.05, 0.1) is 5.41 Å². The van der Waals surface area contributed by atoms with Gasteiger partial charge in [-0.05, 0) is 30.5 Å². The molecule has 102 valence electrons. The molecular formula is C17H18N2O. The van der Waals surface area contributed by atoms with Crippen molar-refractivity contribution in [1.29, 1.82) is 0 Å². The number of benzene rings is 1. The molecule has 3 nitrogen and oxygen atoms in total. The van der Waals surface area contributed by atoms with Crippen molar-refractivity contribution in [2.45, 2.75) is 24.7 Å². The van der Waals surface area contributed by atoms with Gasteiger partial charge in [0.2, 0.25) is 5.91 Å². The van der Waals surface area contributed by atoms with E-state index in [0.29, 0.717) is 6.54 Å². The quantitative estimate of drug-likeness (QED) is 0.903. The lowest BCUT2D eigenvalue weighted by Gasteiger charge is -2.15. The van der Waals surface area contributed by atoms with E-state index in [2.05, 4.69) is 10.3 Å². The monoisotopic (exact) mass is 266 g/mol. The number of carbonyl (C=O) groups excluding carboxylic acids is 1. The van der Waals surface area contributed by atoms with Crippen LogP contribution in [0.15, 0.2) is 54.7 Å². The van der Waals surface area contributed by atoms with E-state index in [1.807, 2.05) is 48.5 Å². The van der Waals surface area contributed by atoms with Crippen molar-refractivity contribution >= 4 is 5.91 Å². The Balaban J connectivity index is 1.58. The fraction of sp³-hybridized carbons (Fsp3) is 0.294. The third-order valence-corrected chi connectivity index (χ3v) is 3.90. The van der Waals surface area contributed by atoms with E-state index in [-0.39, 0.29) is 11.3 Å². The van der Waals surface area contributed by atoms with Crippen LogP contribution in [0.3, 0.4) is 0 Å². The van der Waals surface area contributed by atoms with Gasteiger partial charge in [-0.25, -0.2) is 0 Å². The lowest BCUT2D eigenvalue weighted by molar-refractivity contribution is -0.123. The van der Waals surface area contributed by atoms with Crippen molar-refractivity contribution in [2.24, 2.45) is 0 Å². The lowest BCUT2D eigenvalue weighted by Crippen LogP contribution is -2.36. The zero-order valence-electron chi connectivity index (χ0n) is 11.4. The highest BCUT2D eigenvalue weighted by molar-refractivity contribution is 5.91. The Kier molecular flexibility index (Phi) is 3.50. The van der Waals surface area contributed by atoms with E-state index in [1.54, 1.807) is 6.20 Å². The van der Waals surface area contributed by atoms with Gasteiger partial charge in [-0.15, -0.1) is 0 Å². The topological polar surface area (TPSA) is 42.0 Å². The number of pyridine rings is 1. The van der Waals surface area contributed by atoms with Crippen LogP contribution in [0, 0.1) is 0 Å². The summed E-state index contributed by atoms with van der Waals surface area (Å²) >= 11 is 0. The summed E-state index contributed by atoms with van der Waals surface area (Å²) in [4.78, 5) is 16.6. The summed E-state index contributed by atoms with van der Waals surface area (Å²) in [6.45, 7) is 0.643. The standard InChI is InChI=1S/C17H18N2O/c20-16(19-13-9-15-8-4-5-12-18-15)17(10-11-17)14-6-2-1-3-7-14/h1-8,12H,9-11,13H2,(H,19,20). The van der Waals surface area contributed by atoms with Crippen LogP contribution < -0.4 is 5.32 Å². The van der Waals surface area contributed by atoms with Gasteiger partial charge in [0.15, 0.2) is 0 Å². The Morgan fingerprint density at radius 1 is 1.10 bits per heavy atom. The number of amides is 1. The van der Waals surface area contributed by atoms with E-state index in [9.17, 15) is 4.79 Å². The third-order valence-electron chi connectivity index (χ3n) is 3.90. The Hall–Kier alpha value is -2.16. The van der Waals surface area contributed by atoms with Gasteiger partial charge in [0.1, 0.15) is 0 Å². The van der Waals surface area contributed by atoms with Crippen molar-refractivity contribution in [3.05, 3.63) is 66.0 Å². The van der Waals surface area contributed by atoms with Crippen LogP contribution in [0.4, 0.5) is 0 Å². The molecule has 0 bridgehead atoms. The maximum Gasteiger partial charge on any atom is 0.230 e. The summed E-state index contributed by atoms with van der Waals surface area (Å²) in [6, 6.07) is 15.9. The van der Waals surface area contributed by atoms with E-state index in [0.717, 1.165) is 30.5 Å². The molecule has 1 amide bonds. The molecule has 1 N–H and O–H groups in total. The zero-order chi connectivity index (χ0) is 13.8.